The Bertz CT molecular complexity index is 2020. The Morgan fingerprint density at radius 1 is 0.827 bits per heavy atom. The molecule has 0 aliphatic carbocycles. The first-order valence-corrected chi connectivity index (χ1v) is 30.2. The van der Waals surface area contributed by atoms with E-state index in [0.717, 1.165) is 68.8 Å². The second kappa shape index (κ2) is 36.9. The van der Waals surface area contributed by atoms with Crippen LogP contribution in [0.25, 0.3) is 0 Å². The van der Waals surface area contributed by atoms with Gasteiger partial charge in [0.25, 0.3) is 0 Å². The van der Waals surface area contributed by atoms with Crippen molar-refractivity contribution < 1.29 is 81.6 Å². The molecule has 12 atom stereocenters. The summed E-state index contributed by atoms with van der Waals surface area (Å²) in [4.78, 5) is 64.3. The predicted molar refractivity (Wildman–Crippen MR) is 282 cm³/mol. The van der Waals surface area contributed by atoms with Crippen LogP contribution >= 0.6 is 15.6 Å². The maximum Gasteiger partial charge on any atom is 0.481 e. The minimum Gasteiger partial charge on any atom is -0.462 e. The van der Waals surface area contributed by atoms with Crippen LogP contribution in [0.1, 0.15) is 181 Å². The molecule has 2 unspecified atom stereocenters. The van der Waals surface area contributed by atoms with Gasteiger partial charge in [0.2, 0.25) is 0 Å². The van der Waals surface area contributed by atoms with Gasteiger partial charge >= 0.3 is 33.3 Å². The van der Waals surface area contributed by atoms with Gasteiger partial charge in [-0.05, 0) is 63.9 Å². The highest BCUT2D eigenvalue weighted by Crippen LogP contribution is 2.60. The van der Waals surface area contributed by atoms with Crippen LogP contribution in [0, 0.1) is 11.8 Å². The van der Waals surface area contributed by atoms with Gasteiger partial charge in [-0.3, -0.25) is 23.2 Å². The molecule has 2 aliphatic rings. The Balaban J connectivity index is 1.76. The van der Waals surface area contributed by atoms with E-state index in [1.807, 2.05) is 6.92 Å². The van der Waals surface area contributed by atoms with Crippen LogP contribution in [0.5, 0.6) is 0 Å². The van der Waals surface area contributed by atoms with Gasteiger partial charge < -0.3 is 55.3 Å². The number of phosphoric ester groups is 2. The van der Waals surface area contributed by atoms with Crippen molar-refractivity contribution in [2.45, 2.75) is 223 Å². The first-order valence-electron chi connectivity index (χ1n) is 27.3. The number of aliphatic hydroxyl groups excluding tert-OH is 5. The van der Waals surface area contributed by atoms with Crippen molar-refractivity contribution in [3.8, 4) is 0 Å². The topological polar surface area (TPSA) is 326 Å². The van der Waals surface area contributed by atoms with Crippen molar-refractivity contribution in [3.63, 3.8) is 0 Å². The summed E-state index contributed by atoms with van der Waals surface area (Å²) in [6, 6.07) is 1.24. The zero-order chi connectivity index (χ0) is 55.1. The Hall–Kier alpha value is -3.14. The molecule has 23 heteroatoms. The molecular weight excluding hydrogens is 1020 g/mol. The van der Waals surface area contributed by atoms with E-state index < -0.39 is 120 Å². The van der Waals surface area contributed by atoms with Crippen LogP contribution in [-0.2, 0) is 46.3 Å². The fourth-order valence-electron chi connectivity index (χ4n) is 8.88. The zero-order valence-electron chi connectivity index (χ0n) is 44.2. The molecule has 75 heavy (non-hydrogen) atoms. The third kappa shape index (κ3) is 27.3. The zero-order valence-corrected chi connectivity index (χ0v) is 46.0. The Kier molecular flexibility index (Phi) is 32.5. The lowest BCUT2D eigenvalue weighted by Crippen LogP contribution is -2.52. The molecule has 2 aliphatic heterocycles. The van der Waals surface area contributed by atoms with Gasteiger partial charge in [0, 0.05) is 37.3 Å². The average molecular weight is 1110 g/mol. The fourth-order valence-corrected chi connectivity index (χ4v) is 11.0. The highest BCUT2D eigenvalue weighted by Gasteiger charge is 2.45. The van der Waals surface area contributed by atoms with Crippen molar-refractivity contribution in [2.75, 3.05) is 25.6 Å². The fraction of sp³-hybridized carbons (Fsp3) is 0.769. The maximum atomic E-state index is 13.4. The molecule has 0 aromatic carbocycles. The minimum atomic E-state index is -5.71. The first kappa shape index (κ1) is 66.1. The molecule has 2 bridgehead atoms. The summed E-state index contributed by atoms with van der Waals surface area (Å²) < 4.78 is 59.2. The van der Waals surface area contributed by atoms with Gasteiger partial charge in [0.05, 0.1) is 37.6 Å². The van der Waals surface area contributed by atoms with Gasteiger partial charge in [0.15, 0.2) is 6.10 Å². The van der Waals surface area contributed by atoms with Crippen molar-refractivity contribution >= 4 is 33.4 Å². The lowest BCUT2D eigenvalue weighted by molar-refractivity contribution is -0.194. The number of rotatable bonds is 25. The van der Waals surface area contributed by atoms with Crippen LogP contribution in [0.3, 0.4) is 0 Å². The van der Waals surface area contributed by atoms with E-state index in [-0.39, 0.29) is 31.5 Å². The molecule has 21 nitrogen and oxygen atoms in total. The molecule has 3 heterocycles. The Morgan fingerprint density at radius 3 is 2.09 bits per heavy atom. The lowest BCUT2D eigenvalue weighted by Gasteiger charge is -2.40. The number of hydrogen-bond donors (Lipinski definition) is 8. The minimum absolute atomic E-state index is 0.00382. The number of allylic oxidation sites excluding steroid dienone is 4. The maximum absolute atomic E-state index is 13.4. The number of phosphoric acid groups is 2. The number of nitrogen functional groups attached to an aromatic ring is 1. The molecule has 0 radical (unpaired) electrons. The summed E-state index contributed by atoms with van der Waals surface area (Å²) in [7, 11) is -11.3. The number of nitrogens with zero attached hydrogens (tertiary/aromatic N) is 2. The van der Waals surface area contributed by atoms with Crippen LogP contribution < -0.4 is 11.4 Å². The summed E-state index contributed by atoms with van der Waals surface area (Å²) in [5, 5.41) is 57.5. The van der Waals surface area contributed by atoms with Crippen LogP contribution in [-0.4, -0.2) is 119 Å². The molecule has 430 valence electrons. The highest BCUT2D eigenvalue weighted by molar-refractivity contribution is 7.61. The number of fused-ring (bicyclic) bond motifs is 3. The first-order chi connectivity index (χ1) is 35.9. The SMILES string of the molecule is CCCCCCCC/C=C\CCCCCCCCCC(=O)O[C@@H]1COC(=O)CCC/C=C\C[C@@H]2[C@H](n3ccc(N)nc3=O)O[C@H](COP(=O)(O)OP(=O)(O)OC1)[C@@H](O)[C@@H](O)[C@@H](/C=C/[C@@H](O)CCCCC)[C@H](O)C[C@@H]2O. The number of esters is 2. The second-order valence-electron chi connectivity index (χ2n) is 19.7. The lowest BCUT2D eigenvalue weighted by atomic mass is 9.82. The number of carbonyl (C=O) groups is 2. The summed E-state index contributed by atoms with van der Waals surface area (Å²) in [5.74, 6) is -4.16. The third-order valence-corrected chi connectivity index (χ3v) is 15.8. The van der Waals surface area contributed by atoms with Gasteiger partial charge in [-0.1, -0.05) is 134 Å². The van der Waals surface area contributed by atoms with Crippen molar-refractivity contribution in [1.82, 2.24) is 9.55 Å². The number of nitrogens with two attached hydrogens (primary N) is 1. The normalized spacial score (nSPS) is 30.1. The largest absolute Gasteiger partial charge is 0.481 e. The number of unbranched alkanes of at least 4 members (excludes halogenated alkanes) is 15. The van der Waals surface area contributed by atoms with Gasteiger partial charge in [-0.15, -0.1) is 0 Å². The monoisotopic (exact) mass is 1110 g/mol. The highest BCUT2D eigenvalue weighted by atomic mass is 31.3. The Morgan fingerprint density at radius 2 is 1.44 bits per heavy atom. The van der Waals surface area contributed by atoms with Crippen LogP contribution in [0.4, 0.5) is 5.82 Å². The summed E-state index contributed by atoms with van der Waals surface area (Å²) >= 11 is 0. The molecule has 9 N–H and O–H groups in total. The van der Waals surface area contributed by atoms with Gasteiger partial charge in [-0.25, -0.2) is 13.9 Å². The molecule has 3 rings (SSSR count). The van der Waals surface area contributed by atoms with Gasteiger partial charge in [0.1, 0.15) is 30.9 Å². The smallest absolute Gasteiger partial charge is 0.462 e. The number of cyclic esters (lactones) is 1. The van der Waals surface area contributed by atoms with Crippen LogP contribution in [0.15, 0.2) is 53.5 Å². The molecule has 1 saturated heterocycles. The average Bonchev–Trinajstić information content (AvgIpc) is 3.35. The van der Waals surface area contributed by atoms with Crippen molar-refractivity contribution in [1.29, 1.82) is 0 Å². The molecule has 0 amide bonds. The third-order valence-electron chi connectivity index (χ3n) is 13.2. The van der Waals surface area contributed by atoms with Gasteiger partial charge in [-0.2, -0.15) is 9.29 Å². The van der Waals surface area contributed by atoms with Crippen LogP contribution in [0.2, 0.25) is 0 Å². The molecule has 1 aromatic rings. The van der Waals surface area contributed by atoms with E-state index in [9.17, 15) is 58.8 Å². The van der Waals surface area contributed by atoms with E-state index in [1.165, 1.54) is 62.9 Å². The quantitative estimate of drug-likeness (QED) is 0.0199. The number of aliphatic hydroxyl groups is 5. The van der Waals surface area contributed by atoms with E-state index in [1.54, 1.807) is 12.2 Å². The number of aromatic nitrogens is 2. The van der Waals surface area contributed by atoms with Crippen molar-refractivity contribution in [3.05, 3.63) is 59.2 Å². The molecule has 1 aromatic heterocycles. The standard InChI is InChI=1S/C52H89N3O18P2/c1-3-5-7-8-9-10-11-12-13-14-15-16-17-18-19-20-26-30-48(60)71-40-36-68-47(59)29-25-22-21-24-28-42-44(58)35-43(57)41(32-31-39(56)27-23-6-4-2)49(61)50(62)45(38-70-75(66,67)73-74(64,65)69-37-40)72-51(42)55-34-33-46(53)54-52(55)63/h12-13,21,24,31-34,39-45,49-51,56-58,61-62H,3-11,14-20,22-23,25-30,35-38H2,1-2H3,(H,64,65)(H,66,67)(H2,53,54,63)/b13-12-,24-21-,32-31+/t39-,40+,41-,42-,43+,44-,45+,49-,50+,51+/m0/s1. The number of anilines is 1. The van der Waals surface area contributed by atoms with E-state index in [0.29, 0.717) is 25.7 Å². The predicted octanol–water partition coefficient (Wildman–Crippen LogP) is 7.94. The molecule has 1 fully saturated rings. The van der Waals surface area contributed by atoms with E-state index in [4.69, 9.17) is 29.0 Å². The summed E-state index contributed by atoms with van der Waals surface area (Å²) in [6.45, 7) is 1.49. The van der Waals surface area contributed by atoms with Crippen molar-refractivity contribution in [2.24, 2.45) is 11.8 Å². The number of ether oxygens (including phenoxy) is 3. The Labute approximate surface area is 443 Å². The summed E-state index contributed by atoms with van der Waals surface area (Å²) in [5.41, 5.74) is 4.78. The molecular formula is C52H89N3O18P2. The van der Waals surface area contributed by atoms with E-state index in [2.05, 4.69) is 28.4 Å². The number of carbonyl (C=O) groups excluding carboxylic acids is 2. The number of hydrogen-bond acceptors (Lipinski definition) is 18. The molecule has 0 spiro atoms. The second-order valence-corrected chi connectivity index (χ2v) is 22.7. The summed E-state index contributed by atoms with van der Waals surface area (Å²) in [6.07, 6.45) is 17.5. The molecule has 0 saturated carbocycles. The van der Waals surface area contributed by atoms with E-state index >= 15 is 0 Å².